The summed E-state index contributed by atoms with van der Waals surface area (Å²) in [5.41, 5.74) is 0. The molecule has 2 N–H and O–H groups in total. The Morgan fingerprint density at radius 2 is 1.78 bits per heavy atom. The third kappa shape index (κ3) is 14.0. The predicted octanol–water partition coefficient (Wildman–Crippen LogP) is 1.48. The molecule has 0 spiro atoms. The van der Waals surface area contributed by atoms with Gasteiger partial charge in [-0.25, -0.2) is 0 Å². The van der Waals surface area contributed by atoms with E-state index in [0.29, 0.717) is 25.7 Å². The van der Waals surface area contributed by atoms with Crippen LogP contribution in [-0.2, 0) is 9.47 Å². The topological polar surface area (TPSA) is 54.9 Å². The second-order valence-corrected chi connectivity index (χ2v) is 4.21. The van der Waals surface area contributed by atoms with E-state index in [0.717, 1.165) is 25.5 Å². The molecule has 0 heterocycles. The van der Waals surface area contributed by atoms with E-state index in [2.05, 4.69) is 29.5 Å². The molecule has 5 nitrogen and oxygen atoms in total. The van der Waals surface area contributed by atoms with Crippen LogP contribution in [0.15, 0.2) is 4.99 Å². The summed E-state index contributed by atoms with van der Waals surface area (Å²) in [6.45, 7) is 8.06. The van der Waals surface area contributed by atoms with Gasteiger partial charge >= 0.3 is 0 Å². The molecule has 0 aliphatic carbocycles. The molecule has 110 valence electrons. The van der Waals surface area contributed by atoms with Gasteiger partial charge in [0.25, 0.3) is 0 Å². The highest BCUT2D eigenvalue weighted by Gasteiger charge is 1.98. The number of aliphatic imine (C=N–C) groups is 1. The number of ether oxygens (including phenoxy) is 2. The molecule has 6 heteroatoms. The lowest BCUT2D eigenvalue weighted by atomic mass is 10.1. The van der Waals surface area contributed by atoms with Gasteiger partial charge in [0.15, 0.2) is 5.96 Å². The van der Waals surface area contributed by atoms with Crippen LogP contribution in [0.5, 0.6) is 0 Å². The summed E-state index contributed by atoms with van der Waals surface area (Å²) in [7, 11) is 3.44. The molecule has 0 fully saturated rings. The molecular formula is C12H28IN3O2. The lowest BCUT2D eigenvalue weighted by molar-refractivity contribution is 0.0733. The highest BCUT2D eigenvalue weighted by atomic mass is 127. The fourth-order valence-electron chi connectivity index (χ4n) is 1.19. The van der Waals surface area contributed by atoms with E-state index in [1.165, 1.54) is 0 Å². The van der Waals surface area contributed by atoms with Crippen LogP contribution >= 0.6 is 24.0 Å². The molecule has 0 bridgehead atoms. The lowest BCUT2D eigenvalue weighted by Gasteiger charge is -2.12. The molecule has 18 heavy (non-hydrogen) atoms. The maximum Gasteiger partial charge on any atom is 0.191 e. The zero-order valence-electron chi connectivity index (χ0n) is 12.0. The summed E-state index contributed by atoms with van der Waals surface area (Å²) in [6, 6.07) is 0. The van der Waals surface area contributed by atoms with Crippen LogP contribution in [0.3, 0.4) is 0 Å². The predicted molar refractivity (Wildman–Crippen MR) is 86.9 cm³/mol. The monoisotopic (exact) mass is 373 g/mol. The Labute approximate surface area is 128 Å². The molecule has 0 saturated carbocycles. The molecule has 0 aliphatic heterocycles. The van der Waals surface area contributed by atoms with Crippen LogP contribution in [0, 0.1) is 5.92 Å². The van der Waals surface area contributed by atoms with Crippen molar-refractivity contribution in [1.29, 1.82) is 0 Å². The lowest BCUT2D eigenvalue weighted by Crippen LogP contribution is -2.39. The maximum absolute atomic E-state index is 5.34. The van der Waals surface area contributed by atoms with E-state index >= 15 is 0 Å². The quantitative estimate of drug-likeness (QED) is 0.278. The van der Waals surface area contributed by atoms with Gasteiger partial charge < -0.3 is 20.1 Å². The van der Waals surface area contributed by atoms with Gasteiger partial charge in [0.1, 0.15) is 0 Å². The van der Waals surface area contributed by atoms with E-state index in [1.54, 1.807) is 14.2 Å². The third-order valence-corrected chi connectivity index (χ3v) is 2.21. The normalized spacial score (nSPS) is 11.3. The van der Waals surface area contributed by atoms with Crippen molar-refractivity contribution in [3.05, 3.63) is 0 Å². The number of hydrogen-bond donors (Lipinski definition) is 2. The van der Waals surface area contributed by atoms with Gasteiger partial charge in [-0.3, -0.25) is 4.99 Å². The van der Waals surface area contributed by atoms with Gasteiger partial charge in [-0.2, -0.15) is 0 Å². The summed E-state index contributed by atoms with van der Waals surface area (Å²) in [5.74, 6) is 1.54. The molecule has 0 aromatic heterocycles. The standard InChI is InChI=1S/C12H27N3O2.HI/c1-11(2)5-6-14-12(13-3)15-7-8-17-10-9-16-4;/h11H,5-10H2,1-4H3,(H2,13,14,15);1H. The number of nitrogens with zero attached hydrogens (tertiary/aromatic N) is 1. The SMILES string of the molecule is CN=C(NCCOCCOC)NCCC(C)C.I. The van der Waals surface area contributed by atoms with Crippen LogP contribution in [0.25, 0.3) is 0 Å². The molecule has 0 rings (SSSR count). The van der Waals surface area contributed by atoms with E-state index in [-0.39, 0.29) is 24.0 Å². The number of hydrogen-bond acceptors (Lipinski definition) is 3. The van der Waals surface area contributed by atoms with Crippen LogP contribution < -0.4 is 10.6 Å². The molecule has 0 radical (unpaired) electrons. The molecule has 0 aromatic carbocycles. The number of methoxy groups -OCH3 is 1. The molecule has 0 atom stereocenters. The number of guanidine groups is 1. The van der Waals surface area contributed by atoms with Gasteiger partial charge in [-0.15, -0.1) is 24.0 Å². The second kappa shape index (κ2) is 15.0. The highest BCUT2D eigenvalue weighted by molar-refractivity contribution is 14.0. The van der Waals surface area contributed by atoms with Gasteiger partial charge in [0.2, 0.25) is 0 Å². The van der Waals surface area contributed by atoms with Crippen LogP contribution in [-0.4, -0.2) is 53.0 Å². The summed E-state index contributed by atoms with van der Waals surface area (Å²) in [5, 5.41) is 6.45. The van der Waals surface area contributed by atoms with E-state index < -0.39 is 0 Å². The fourth-order valence-corrected chi connectivity index (χ4v) is 1.19. The minimum atomic E-state index is 0. The molecule has 0 unspecified atom stereocenters. The van der Waals surface area contributed by atoms with E-state index in [1.807, 2.05) is 0 Å². The largest absolute Gasteiger partial charge is 0.382 e. The number of nitrogens with one attached hydrogen (secondary N) is 2. The van der Waals surface area contributed by atoms with Crippen molar-refractivity contribution >= 4 is 29.9 Å². The van der Waals surface area contributed by atoms with Crippen LogP contribution in [0.4, 0.5) is 0 Å². The van der Waals surface area contributed by atoms with Crippen molar-refractivity contribution in [1.82, 2.24) is 10.6 Å². The van der Waals surface area contributed by atoms with Gasteiger partial charge in [-0.05, 0) is 12.3 Å². The van der Waals surface area contributed by atoms with Crippen molar-refractivity contribution in [3.8, 4) is 0 Å². The zero-order chi connectivity index (χ0) is 12.9. The van der Waals surface area contributed by atoms with Crippen molar-refractivity contribution in [2.24, 2.45) is 10.9 Å². The van der Waals surface area contributed by atoms with Crippen LogP contribution in [0.1, 0.15) is 20.3 Å². The Kier molecular flexibility index (Phi) is 16.8. The Hall–Kier alpha value is -0.0800. The number of halogens is 1. The average molecular weight is 373 g/mol. The Balaban J connectivity index is 0. The van der Waals surface area contributed by atoms with Crippen molar-refractivity contribution in [2.75, 3.05) is 47.1 Å². The van der Waals surface area contributed by atoms with Crippen molar-refractivity contribution in [2.45, 2.75) is 20.3 Å². The summed E-state index contributed by atoms with van der Waals surface area (Å²) in [4.78, 5) is 4.13. The Morgan fingerprint density at radius 1 is 1.11 bits per heavy atom. The average Bonchev–Trinajstić information content (AvgIpc) is 2.30. The van der Waals surface area contributed by atoms with Gasteiger partial charge in [0, 0.05) is 27.2 Å². The highest BCUT2D eigenvalue weighted by Crippen LogP contribution is 1.95. The first-order valence-corrected chi connectivity index (χ1v) is 6.22. The first-order valence-electron chi connectivity index (χ1n) is 6.22. The number of rotatable bonds is 9. The smallest absolute Gasteiger partial charge is 0.191 e. The first-order chi connectivity index (χ1) is 8.20. The zero-order valence-corrected chi connectivity index (χ0v) is 14.3. The molecular weight excluding hydrogens is 345 g/mol. The molecule has 0 aliphatic rings. The third-order valence-electron chi connectivity index (χ3n) is 2.21. The molecule has 0 amide bonds. The summed E-state index contributed by atoms with van der Waals surface area (Å²) in [6.07, 6.45) is 1.14. The summed E-state index contributed by atoms with van der Waals surface area (Å²) < 4.78 is 10.2. The molecule has 0 saturated heterocycles. The Morgan fingerprint density at radius 3 is 2.33 bits per heavy atom. The second-order valence-electron chi connectivity index (χ2n) is 4.21. The van der Waals surface area contributed by atoms with Crippen molar-refractivity contribution in [3.63, 3.8) is 0 Å². The molecule has 0 aromatic rings. The van der Waals surface area contributed by atoms with E-state index in [4.69, 9.17) is 9.47 Å². The Bertz CT molecular complexity index is 202. The van der Waals surface area contributed by atoms with Gasteiger partial charge in [0.05, 0.1) is 19.8 Å². The minimum Gasteiger partial charge on any atom is -0.382 e. The fraction of sp³-hybridized carbons (Fsp3) is 0.917. The maximum atomic E-state index is 5.34. The minimum absolute atomic E-state index is 0. The van der Waals surface area contributed by atoms with Crippen molar-refractivity contribution < 1.29 is 9.47 Å². The van der Waals surface area contributed by atoms with Crippen LogP contribution in [0.2, 0.25) is 0 Å². The summed E-state index contributed by atoms with van der Waals surface area (Å²) >= 11 is 0. The van der Waals surface area contributed by atoms with Gasteiger partial charge in [-0.1, -0.05) is 13.8 Å². The first kappa shape index (κ1) is 20.2. The van der Waals surface area contributed by atoms with E-state index in [9.17, 15) is 0 Å².